The Morgan fingerprint density at radius 3 is 2.71 bits per heavy atom. The third-order valence-electron chi connectivity index (χ3n) is 2.75. The van der Waals surface area contributed by atoms with Crippen LogP contribution in [-0.4, -0.2) is 15.3 Å². The van der Waals surface area contributed by atoms with E-state index in [1.807, 2.05) is 32.0 Å². The standard InChI is InChI=1S/C13H16N2O2/c1-8(2)15-12-5-4-10(6-9(3)16)7-11(12)14-13(15)17/h4-5,7-8H,6H2,1-3H3,(H,14,17). The molecular formula is C13H16N2O2. The summed E-state index contributed by atoms with van der Waals surface area (Å²) >= 11 is 0. The predicted molar refractivity (Wildman–Crippen MR) is 67.3 cm³/mol. The van der Waals surface area contributed by atoms with Crippen LogP contribution in [0.2, 0.25) is 0 Å². The third-order valence-corrected chi connectivity index (χ3v) is 2.75. The SMILES string of the molecule is CC(=O)Cc1ccc2c(c1)[nH]c(=O)n2C(C)C. The van der Waals surface area contributed by atoms with E-state index < -0.39 is 0 Å². The molecule has 0 fully saturated rings. The number of imidazole rings is 1. The maximum absolute atomic E-state index is 11.8. The van der Waals surface area contributed by atoms with Crippen LogP contribution < -0.4 is 5.69 Å². The Morgan fingerprint density at radius 1 is 1.41 bits per heavy atom. The summed E-state index contributed by atoms with van der Waals surface area (Å²) in [7, 11) is 0. The number of nitrogens with one attached hydrogen (secondary N) is 1. The highest BCUT2D eigenvalue weighted by molar-refractivity contribution is 5.81. The number of hydrogen-bond donors (Lipinski definition) is 1. The van der Waals surface area contributed by atoms with Gasteiger partial charge in [0, 0.05) is 12.5 Å². The van der Waals surface area contributed by atoms with Crippen LogP contribution in [0.15, 0.2) is 23.0 Å². The number of carbonyl (C=O) groups excluding carboxylic acids is 1. The molecule has 0 radical (unpaired) electrons. The van der Waals surface area contributed by atoms with Gasteiger partial charge in [0.15, 0.2) is 0 Å². The smallest absolute Gasteiger partial charge is 0.306 e. The van der Waals surface area contributed by atoms with Crippen molar-refractivity contribution in [1.82, 2.24) is 9.55 Å². The topological polar surface area (TPSA) is 54.9 Å². The minimum Gasteiger partial charge on any atom is -0.306 e. The zero-order valence-corrected chi connectivity index (χ0v) is 10.3. The van der Waals surface area contributed by atoms with E-state index >= 15 is 0 Å². The summed E-state index contributed by atoms with van der Waals surface area (Å²) in [6.07, 6.45) is 0.408. The molecular weight excluding hydrogens is 216 g/mol. The van der Waals surface area contributed by atoms with Crippen LogP contribution in [0.1, 0.15) is 32.4 Å². The number of ketones is 1. The van der Waals surface area contributed by atoms with E-state index in [1.165, 1.54) is 0 Å². The summed E-state index contributed by atoms with van der Waals surface area (Å²) < 4.78 is 1.72. The second kappa shape index (κ2) is 4.20. The molecule has 4 nitrogen and oxygen atoms in total. The van der Waals surface area contributed by atoms with E-state index in [1.54, 1.807) is 11.5 Å². The van der Waals surface area contributed by atoms with Crippen molar-refractivity contribution in [1.29, 1.82) is 0 Å². The Morgan fingerprint density at radius 2 is 2.12 bits per heavy atom. The number of H-pyrrole nitrogens is 1. The first-order valence-corrected chi connectivity index (χ1v) is 5.71. The molecule has 2 rings (SSSR count). The Bertz CT molecular complexity index is 620. The highest BCUT2D eigenvalue weighted by Crippen LogP contribution is 2.16. The van der Waals surface area contributed by atoms with Crippen molar-refractivity contribution in [3.63, 3.8) is 0 Å². The molecule has 0 aliphatic rings. The van der Waals surface area contributed by atoms with Crippen LogP contribution in [0.3, 0.4) is 0 Å². The number of rotatable bonds is 3. The van der Waals surface area contributed by atoms with E-state index in [9.17, 15) is 9.59 Å². The van der Waals surface area contributed by atoms with Gasteiger partial charge in [0.2, 0.25) is 0 Å². The average molecular weight is 232 g/mol. The van der Waals surface area contributed by atoms with Crippen LogP contribution in [0.5, 0.6) is 0 Å². The highest BCUT2D eigenvalue weighted by Gasteiger charge is 2.10. The minimum atomic E-state index is -0.102. The molecule has 17 heavy (non-hydrogen) atoms. The highest BCUT2D eigenvalue weighted by atomic mass is 16.1. The molecule has 0 atom stereocenters. The molecule has 0 aliphatic heterocycles. The van der Waals surface area contributed by atoms with Gasteiger partial charge in [-0.05, 0) is 38.5 Å². The monoisotopic (exact) mass is 232 g/mol. The number of benzene rings is 1. The van der Waals surface area contributed by atoms with Crippen LogP contribution in [0.4, 0.5) is 0 Å². The Kier molecular flexibility index (Phi) is 2.88. The number of aromatic amines is 1. The maximum Gasteiger partial charge on any atom is 0.326 e. The second-order valence-corrected chi connectivity index (χ2v) is 4.62. The van der Waals surface area contributed by atoms with Gasteiger partial charge in [-0.2, -0.15) is 0 Å². The summed E-state index contributed by atoms with van der Waals surface area (Å²) in [6, 6.07) is 5.79. The lowest BCUT2D eigenvalue weighted by atomic mass is 10.1. The predicted octanol–water partition coefficient (Wildman–Crippen LogP) is 2.04. The zero-order chi connectivity index (χ0) is 12.6. The number of carbonyl (C=O) groups is 1. The first kappa shape index (κ1) is 11.6. The average Bonchev–Trinajstić information content (AvgIpc) is 2.51. The van der Waals surface area contributed by atoms with Crippen molar-refractivity contribution in [2.45, 2.75) is 33.2 Å². The number of nitrogens with zero attached hydrogens (tertiary/aromatic N) is 1. The molecule has 1 aromatic carbocycles. The molecule has 90 valence electrons. The Labute approximate surface area is 99.3 Å². The fourth-order valence-electron chi connectivity index (χ4n) is 2.09. The molecule has 0 saturated carbocycles. The number of aromatic nitrogens is 2. The number of fused-ring (bicyclic) bond motifs is 1. The maximum atomic E-state index is 11.8. The van der Waals surface area contributed by atoms with E-state index in [0.717, 1.165) is 16.6 Å². The second-order valence-electron chi connectivity index (χ2n) is 4.62. The molecule has 1 N–H and O–H groups in total. The summed E-state index contributed by atoms with van der Waals surface area (Å²) in [5.41, 5.74) is 2.51. The lowest BCUT2D eigenvalue weighted by molar-refractivity contribution is -0.116. The quantitative estimate of drug-likeness (QED) is 0.880. The molecule has 1 heterocycles. The van der Waals surface area contributed by atoms with Crippen LogP contribution in [-0.2, 0) is 11.2 Å². The fourth-order valence-corrected chi connectivity index (χ4v) is 2.09. The largest absolute Gasteiger partial charge is 0.326 e. The van der Waals surface area contributed by atoms with Crippen LogP contribution in [0.25, 0.3) is 11.0 Å². The summed E-state index contributed by atoms with van der Waals surface area (Å²) in [4.78, 5) is 25.6. The molecule has 0 bridgehead atoms. The van der Waals surface area contributed by atoms with Crippen molar-refractivity contribution in [3.05, 3.63) is 34.2 Å². The first-order chi connectivity index (χ1) is 7.99. The summed E-state index contributed by atoms with van der Waals surface area (Å²) in [6.45, 7) is 5.50. The van der Waals surface area contributed by atoms with Gasteiger partial charge < -0.3 is 4.98 Å². The van der Waals surface area contributed by atoms with Gasteiger partial charge in [-0.25, -0.2) is 4.79 Å². The van der Waals surface area contributed by atoms with Crippen LogP contribution in [0, 0.1) is 0 Å². The minimum absolute atomic E-state index is 0.102. The third kappa shape index (κ3) is 2.16. The summed E-state index contributed by atoms with van der Waals surface area (Å²) in [5.74, 6) is 0.120. The van der Waals surface area contributed by atoms with Gasteiger partial charge in [0.05, 0.1) is 11.0 Å². The molecule has 4 heteroatoms. The van der Waals surface area contributed by atoms with Crippen molar-refractivity contribution in [2.24, 2.45) is 0 Å². The van der Waals surface area contributed by atoms with Gasteiger partial charge in [-0.1, -0.05) is 6.07 Å². The molecule has 0 aliphatic carbocycles. The molecule has 2 aromatic rings. The van der Waals surface area contributed by atoms with E-state index in [0.29, 0.717) is 6.42 Å². The Hall–Kier alpha value is -1.84. The van der Waals surface area contributed by atoms with Gasteiger partial charge >= 0.3 is 5.69 Å². The van der Waals surface area contributed by atoms with Crippen molar-refractivity contribution < 1.29 is 4.79 Å². The number of hydrogen-bond acceptors (Lipinski definition) is 2. The summed E-state index contributed by atoms with van der Waals surface area (Å²) in [5, 5.41) is 0. The first-order valence-electron chi connectivity index (χ1n) is 5.71. The molecule has 1 aromatic heterocycles. The molecule has 0 spiro atoms. The van der Waals surface area contributed by atoms with Gasteiger partial charge in [-0.15, -0.1) is 0 Å². The lowest BCUT2D eigenvalue weighted by Crippen LogP contribution is -2.18. The van der Waals surface area contributed by atoms with E-state index in [4.69, 9.17) is 0 Å². The van der Waals surface area contributed by atoms with Crippen LogP contribution >= 0.6 is 0 Å². The van der Waals surface area contributed by atoms with Crippen molar-refractivity contribution in [2.75, 3.05) is 0 Å². The van der Waals surface area contributed by atoms with Gasteiger partial charge in [0.25, 0.3) is 0 Å². The Balaban J connectivity index is 2.57. The number of Topliss-reactive ketones (excluding diaryl/α,β-unsaturated/α-hetero) is 1. The van der Waals surface area contributed by atoms with Crippen molar-refractivity contribution >= 4 is 16.8 Å². The fraction of sp³-hybridized carbons (Fsp3) is 0.385. The van der Waals surface area contributed by atoms with Gasteiger partial charge in [0.1, 0.15) is 5.78 Å². The zero-order valence-electron chi connectivity index (χ0n) is 10.3. The lowest BCUT2D eigenvalue weighted by Gasteiger charge is -2.06. The van der Waals surface area contributed by atoms with Crippen molar-refractivity contribution in [3.8, 4) is 0 Å². The molecule has 0 saturated heterocycles. The van der Waals surface area contributed by atoms with E-state index in [-0.39, 0.29) is 17.5 Å². The van der Waals surface area contributed by atoms with E-state index in [2.05, 4.69) is 4.98 Å². The molecule has 0 unspecified atom stereocenters. The normalized spacial score (nSPS) is 11.3. The van der Waals surface area contributed by atoms with Gasteiger partial charge in [-0.3, -0.25) is 9.36 Å². The molecule has 0 amide bonds.